The second-order valence-corrected chi connectivity index (χ2v) is 10.4. The molecule has 0 aliphatic carbocycles. The van der Waals surface area contributed by atoms with E-state index in [0.29, 0.717) is 37.8 Å². The van der Waals surface area contributed by atoms with Gasteiger partial charge in [-0.05, 0) is 57.2 Å². The second-order valence-electron chi connectivity index (χ2n) is 9.40. The van der Waals surface area contributed by atoms with Gasteiger partial charge in [-0.25, -0.2) is 0 Å². The minimum atomic E-state index is -0.382. The Balaban J connectivity index is 1.18. The zero-order chi connectivity index (χ0) is 24.6. The van der Waals surface area contributed by atoms with Gasteiger partial charge < -0.3 is 15.5 Å². The predicted octanol–water partition coefficient (Wildman–Crippen LogP) is 3.02. The highest BCUT2D eigenvalue weighted by Gasteiger charge is 2.28. The van der Waals surface area contributed by atoms with Crippen molar-refractivity contribution in [3.8, 4) is 0 Å². The molecule has 4 rings (SSSR count). The van der Waals surface area contributed by atoms with Gasteiger partial charge in [0.15, 0.2) is 0 Å². The lowest BCUT2D eigenvalue weighted by molar-refractivity contribution is -0.122. The lowest BCUT2D eigenvalue weighted by Crippen LogP contribution is -2.43. The van der Waals surface area contributed by atoms with Gasteiger partial charge in [0.25, 0.3) is 11.8 Å². The van der Waals surface area contributed by atoms with Gasteiger partial charge in [0, 0.05) is 44.3 Å². The standard InChI is InChI=1S/C25H34N6O3S/c1-18-7-5-6-13-30(18)16-12-26-21(32)17-19-10-14-31(15-11-19)25(34)24-29-28-23(35-24)22(33)27-20-8-3-2-4-9-20/h2-4,8-9,18-19H,5-7,10-17H2,1H3,(H,26,32)(H,27,33)/t18-/m1/s1. The van der Waals surface area contributed by atoms with Crippen molar-refractivity contribution in [3.63, 3.8) is 0 Å². The molecule has 0 radical (unpaired) electrons. The summed E-state index contributed by atoms with van der Waals surface area (Å²) in [4.78, 5) is 41.8. The second kappa shape index (κ2) is 12.2. The molecular formula is C25H34N6O3S. The summed E-state index contributed by atoms with van der Waals surface area (Å²) in [7, 11) is 0. The van der Waals surface area contributed by atoms with Crippen LogP contribution in [0.25, 0.3) is 0 Å². The lowest BCUT2D eigenvalue weighted by Gasteiger charge is -2.33. The molecule has 3 amide bonds. The fraction of sp³-hybridized carbons (Fsp3) is 0.560. The summed E-state index contributed by atoms with van der Waals surface area (Å²) in [6.07, 6.45) is 5.85. The molecule has 2 aromatic rings. The van der Waals surface area contributed by atoms with E-state index < -0.39 is 0 Å². The molecule has 1 aromatic heterocycles. The van der Waals surface area contributed by atoms with Gasteiger partial charge in [-0.15, -0.1) is 10.2 Å². The van der Waals surface area contributed by atoms with Crippen LogP contribution in [-0.4, -0.2) is 76.5 Å². The molecule has 1 aromatic carbocycles. The number of hydrogen-bond acceptors (Lipinski definition) is 7. The molecule has 35 heavy (non-hydrogen) atoms. The van der Waals surface area contributed by atoms with Crippen molar-refractivity contribution in [3.05, 3.63) is 40.3 Å². The van der Waals surface area contributed by atoms with E-state index in [4.69, 9.17) is 0 Å². The van der Waals surface area contributed by atoms with Crippen LogP contribution in [0.3, 0.4) is 0 Å². The van der Waals surface area contributed by atoms with Crippen LogP contribution < -0.4 is 10.6 Å². The molecule has 0 saturated carbocycles. The number of para-hydroxylation sites is 1. The van der Waals surface area contributed by atoms with E-state index in [1.54, 1.807) is 17.0 Å². The average Bonchev–Trinajstić information content (AvgIpc) is 3.37. The van der Waals surface area contributed by atoms with Crippen LogP contribution in [-0.2, 0) is 4.79 Å². The smallest absolute Gasteiger partial charge is 0.286 e. The molecule has 9 nitrogen and oxygen atoms in total. The SMILES string of the molecule is C[C@@H]1CCCCN1CCNC(=O)CC1CCN(C(=O)c2nnc(C(=O)Nc3ccccc3)s2)CC1. The van der Waals surface area contributed by atoms with Crippen LogP contribution in [0.4, 0.5) is 5.69 Å². The molecule has 2 fully saturated rings. The Hall–Kier alpha value is -2.85. The first-order valence-electron chi connectivity index (χ1n) is 12.5. The Morgan fingerprint density at radius 2 is 1.74 bits per heavy atom. The zero-order valence-electron chi connectivity index (χ0n) is 20.2. The van der Waals surface area contributed by atoms with Crippen molar-refractivity contribution >= 4 is 34.7 Å². The molecule has 2 N–H and O–H groups in total. The minimum absolute atomic E-state index is 0.0950. The van der Waals surface area contributed by atoms with Gasteiger partial charge in [-0.1, -0.05) is 36.0 Å². The van der Waals surface area contributed by atoms with Gasteiger partial charge in [0.1, 0.15) is 0 Å². The summed E-state index contributed by atoms with van der Waals surface area (Å²) in [6.45, 7) is 6.14. The maximum absolute atomic E-state index is 12.9. The summed E-state index contributed by atoms with van der Waals surface area (Å²) in [5, 5.41) is 14.0. The van der Waals surface area contributed by atoms with Gasteiger partial charge in [0.2, 0.25) is 15.9 Å². The monoisotopic (exact) mass is 498 g/mol. The van der Waals surface area contributed by atoms with Crippen molar-refractivity contribution in [2.24, 2.45) is 5.92 Å². The van der Waals surface area contributed by atoms with E-state index in [0.717, 1.165) is 37.3 Å². The molecule has 3 heterocycles. The third-order valence-corrected chi connectivity index (χ3v) is 7.78. The normalized spacial score (nSPS) is 19.3. The number of carbonyl (C=O) groups is 3. The van der Waals surface area contributed by atoms with E-state index in [9.17, 15) is 14.4 Å². The summed E-state index contributed by atoms with van der Waals surface area (Å²) in [5.74, 6) is -0.223. The van der Waals surface area contributed by atoms with Crippen LogP contribution >= 0.6 is 11.3 Å². The Labute approximate surface area is 210 Å². The Morgan fingerprint density at radius 3 is 2.49 bits per heavy atom. The number of piperidine rings is 2. The fourth-order valence-electron chi connectivity index (χ4n) is 4.75. The summed E-state index contributed by atoms with van der Waals surface area (Å²) < 4.78 is 0. The first-order chi connectivity index (χ1) is 17.0. The van der Waals surface area contributed by atoms with Crippen LogP contribution in [0, 0.1) is 5.92 Å². The van der Waals surface area contributed by atoms with Gasteiger partial charge in [-0.2, -0.15) is 0 Å². The molecule has 1 atom stereocenters. The van der Waals surface area contributed by atoms with Crippen LogP contribution in [0.2, 0.25) is 0 Å². The van der Waals surface area contributed by atoms with Crippen molar-refractivity contribution in [1.29, 1.82) is 0 Å². The maximum atomic E-state index is 12.9. The van der Waals surface area contributed by atoms with Crippen molar-refractivity contribution < 1.29 is 14.4 Å². The molecule has 2 saturated heterocycles. The number of amides is 3. The van der Waals surface area contributed by atoms with E-state index in [1.807, 2.05) is 18.2 Å². The lowest BCUT2D eigenvalue weighted by atomic mass is 9.93. The number of carbonyl (C=O) groups excluding carboxylic acids is 3. The van der Waals surface area contributed by atoms with Crippen LogP contribution in [0.15, 0.2) is 30.3 Å². The topological polar surface area (TPSA) is 108 Å². The molecule has 2 aliphatic heterocycles. The van der Waals surface area contributed by atoms with Crippen LogP contribution in [0.1, 0.15) is 65.1 Å². The Bertz CT molecular complexity index is 1010. The van der Waals surface area contributed by atoms with E-state index >= 15 is 0 Å². The number of hydrogen-bond donors (Lipinski definition) is 2. The fourth-order valence-corrected chi connectivity index (χ4v) is 5.45. The molecule has 2 aliphatic rings. The minimum Gasteiger partial charge on any atom is -0.355 e. The Kier molecular flexibility index (Phi) is 8.81. The van der Waals surface area contributed by atoms with Crippen molar-refractivity contribution in [2.75, 3.05) is 38.0 Å². The number of rotatable bonds is 8. The summed E-state index contributed by atoms with van der Waals surface area (Å²) in [6, 6.07) is 9.69. The number of nitrogens with zero attached hydrogens (tertiary/aromatic N) is 4. The molecule has 0 spiro atoms. The highest BCUT2D eigenvalue weighted by molar-refractivity contribution is 7.15. The average molecular weight is 499 g/mol. The number of nitrogens with one attached hydrogen (secondary N) is 2. The molecular weight excluding hydrogens is 464 g/mol. The quantitative estimate of drug-likeness (QED) is 0.579. The number of benzene rings is 1. The number of anilines is 1. The first-order valence-corrected chi connectivity index (χ1v) is 13.3. The first kappa shape index (κ1) is 25.2. The van der Waals surface area contributed by atoms with Gasteiger partial charge >= 0.3 is 0 Å². The third kappa shape index (κ3) is 7.08. The largest absolute Gasteiger partial charge is 0.355 e. The highest BCUT2D eigenvalue weighted by atomic mass is 32.1. The van der Waals surface area contributed by atoms with E-state index in [1.165, 1.54) is 19.3 Å². The number of aromatic nitrogens is 2. The zero-order valence-corrected chi connectivity index (χ0v) is 21.1. The maximum Gasteiger partial charge on any atom is 0.286 e. The molecule has 0 unspecified atom stereocenters. The Morgan fingerprint density at radius 1 is 1.00 bits per heavy atom. The van der Waals surface area contributed by atoms with E-state index in [-0.39, 0.29) is 33.7 Å². The van der Waals surface area contributed by atoms with Gasteiger partial charge in [-0.3, -0.25) is 19.3 Å². The van der Waals surface area contributed by atoms with E-state index in [2.05, 4.69) is 32.7 Å². The molecule has 0 bridgehead atoms. The summed E-state index contributed by atoms with van der Waals surface area (Å²) >= 11 is 1.00. The molecule has 10 heteroatoms. The van der Waals surface area contributed by atoms with Gasteiger partial charge in [0.05, 0.1) is 0 Å². The predicted molar refractivity (Wildman–Crippen MR) is 135 cm³/mol. The highest BCUT2D eigenvalue weighted by Crippen LogP contribution is 2.23. The summed E-state index contributed by atoms with van der Waals surface area (Å²) in [5.41, 5.74) is 0.660. The third-order valence-electron chi connectivity index (χ3n) is 6.87. The molecule has 188 valence electrons. The number of likely N-dealkylation sites (tertiary alicyclic amines) is 2. The van der Waals surface area contributed by atoms with Crippen LogP contribution in [0.5, 0.6) is 0 Å². The van der Waals surface area contributed by atoms with Crippen molar-refractivity contribution in [2.45, 2.75) is 51.5 Å². The van der Waals surface area contributed by atoms with Crippen molar-refractivity contribution in [1.82, 2.24) is 25.3 Å².